The molecular weight excluding hydrogens is 256 g/mol. The van der Waals surface area contributed by atoms with E-state index >= 15 is 0 Å². The van der Waals surface area contributed by atoms with Crippen molar-refractivity contribution in [3.8, 4) is 0 Å². The lowest BCUT2D eigenvalue weighted by Gasteiger charge is -2.28. The molecule has 0 unspecified atom stereocenters. The number of urea groups is 1. The van der Waals surface area contributed by atoms with Gasteiger partial charge >= 0.3 is 12.0 Å². The summed E-state index contributed by atoms with van der Waals surface area (Å²) in [5, 5.41) is 11.8. The highest BCUT2D eigenvalue weighted by atomic mass is 16.4. The van der Waals surface area contributed by atoms with E-state index in [4.69, 9.17) is 5.11 Å². The van der Waals surface area contributed by atoms with Crippen LogP contribution in [0.5, 0.6) is 0 Å². The SMILES string of the molecule is CCCC[C@H](NC(=O)N(CC(C)C)CC(C)C)C(=O)O. The Kier molecular flexibility index (Phi) is 9.01. The molecule has 0 aromatic heterocycles. The largest absolute Gasteiger partial charge is 0.480 e. The summed E-state index contributed by atoms with van der Waals surface area (Å²) < 4.78 is 0. The predicted molar refractivity (Wildman–Crippen MR) is 80.7 cm³/mol. The second-order valence-electron chi connectivity index (χ2n) is 6.18. The molecular formula is C15H30N2O3. The fraction of sp³-hybridized carbons (Fsp3) is 0.867. The zero-order valence-corrected chi connectivity index (χ0v) is 13.5. The van der Waals surface area contributed by atoms with E-state index in [-0.39, 0.29) is 6.03 Å². The average molecular weight is 286 g/mol. The van der Waals surface area contributed by atoms with E-state index in [2.05, 4.69) is 5.32 Å². The lowest BCUT2D eigenvalue weighted by atomic mass is 10.1. The van der Waals surface area contributed by atoms with Crippen LogP contribution in [0.2, 0.25) is 0 Å². The van der Waals surface area contributed by atoms with E-state index in [1.807, 2.05) is 34.6 Å². The van der Waals surface area contributed by atoms with Gasteiger partial charge in [-0.15, -0.1) is 0 Å². The van der Waals surface area contributed by atoms with E-state index in [1.165, 1.54) is 0 Å². The summed E-state index contributed by atoms with van der Waals surface area (Å²) >= 11 is 0. The molecule has 5 nitrogen and oxygen atoms in total. The third kappa shape index (κ3) is 8.02. The highest BCUT2D eigenvalue weighted by molar-refractivity contribution is 5.82. The van der Waals surface area contributed by atoms with Gasteiger partial charge in [0, 0.05) is 13.1 Å². The standard InChI is InChI=1S/C15H30N2O3/c1-6-7-8-13(14(18)19)16-15(20)17(9-11(2)3)10-12(4)5/h11-13H,6-10H2,1-5H3,(H,16,20)(H,18,19)/t13-/m0/s1. The van der Waals surface area contributed by atoms with Crippen molar-refractivity contribution in [2.75, 3.05) is 13.1 Å². The first kappa shape index (κ1) is 18.7. The Hall–Kier alpha value is -1.26. The van der Waals surface area contributed by atoms with E-state index in [0.29, 0.717) is 31.3 Å². The van der Waals surface area contributed by atoms with Gasteiger partial charge in [0.05, 0.1) is 0 Å². The number of carboxylic acids is 1. The number of carboxylic acid groups (broad SMARTS) is 1. The highest BCUT2D eigenvalue weighted by Gasteiger charge is 2.23. The average Bonchev–Trinajstić information content (AvgIpc) is 2.31. The predicted octanol–water partition coefficient (Wildman–Crippen LogP) is 2.95. The van der Waals surface area contributed by atoms with Gasteiger partial charge in [0.25, 0.3) is 0 Å². The second-order valence-corrected chi connectivity index (χ2v) is 6.18. The third-order valence-corrected chi connectivity index (χ3v) is 2.90. The number of nitrogens with zero attached hydrogens (tertiary/aromatic N) is 1. The van der Waals surface area contributed by atoms with Gasteiger partial charge in [-0.2, -0.15) is 0 Å². The minimum Gasteiger partial charge on any atom is -0.480 e. The van der Waals surface area contributed by atoms with Gasteiger partial charge in [0.15, 0.2) is 0 Å². The van der Waals surface area contributed by atoms with Crippen molar-refractivity contribution in [2.45, 2.75) is 59.9 Å². The summed E-state index contributed by atoms with van der Waals surface area (Å²) in [6, 6.07) is -1.06. The van der Waals surface area contributed by atoms with Gasteiger partial charge in [0.2, 0.25) is 0 Å². The van der Waals surface area contributed by atoms with Crippen molar-refractivity contribution in [2.24, 2.45) is 11.8 Å². The summed E-state index contributed by atoms with van der Waals surface area (Å²) in [6.07, 6.45) is 2.20. The molecule has 0 radical (unpaired) electrons. The second kappa shape index (κ2) is 9.61. The van der Waals surface area contributed by atoms with Crippen LogP contribution in [0, 0.1) is 11.8 Å². The number of rotatable bonds is 9. The maximum absolute atomic E-state index is 12.2. The van der Waals surface area contributed by atoms with Crippen LogP contribution in [0.1, 0.15) is 53.9 Å². The highest BCUT2D eigenvalue weighted by Crippen LogP contribution is 2.07. The number of unbranched alkanes of at least 4 members (excludes halogenated alkanes) is 1. The van der Waals surface area contributed by atoms with Crippen molar-refractivity contribution in [1.29, 1.82) is 0 Å². The first-order valence-corrected chi connectivity index (χ1v) is 7.56. The minimum atomic E-state index is -0.958. The van der Waals surface area contributed by atoms with Gasteiger partial charge in [-0.3, -0.25) is 0 Å². The Morgan fingerprint density at radius 1 is 1.10 bits per heavy atom. The fourth-order valence-electron chi connectivity index (χ4n) is 2.03. The summed E-state index contributed by atoms with van der Waals surface area (Å²) in [5.74, 6) is -0.238. The lowest BCUT2D eigenvalue weighted by Crippen LogP contribution is -2.49. The van der Waals surface area contributed by atoms with Crippen molar-refractivity contribution in [3.05, 3.63) is 0 Å². The van der Waals surface area contributed by atoms with Crippen LogP contribution in [-0.4, -0.2) is 41.1 Å². The van der Waals surface area contributed by atoms with Crippen molar-refractivity contribution in [3.63, 3.8) is 0 Å². The Bertz CT molecular complexity index is 293. The molecule has 0 rings (SSSR count). The van der Waals surface area contributed by atoms with Crippen molar-refractivity contribution >= 4 is 12.0 Å². The molecule has 0 spiro atoms. The van der Waals surface area contributed by atoms with Crippen LogP contribution in [0.25, 0.3) is 0 Å². The number of amides is 2. The summed E-state index contributed by atoms with van der Waals surface area (Å²) in [4.78, 5) is 25.1. The van der Waals surface area contributed by atoms with Gasteiger partial charge in [-0.05, 0) is 18.3 Å². The Labute approximate surface area is 122 Å². The van der Waals surface area contributed by atoms with Crippen LogP contribution in [0.3, 0.4) is 0 Å². The van der Waals surface area contributed by atoms with E-state index in [1.54, 1.807) is 4.90 Å². The molecule has 2 amide bonds. The van der Waals surface area contributed by atoms with Crippen LogP contribution >= 0.6 is 0 Å². The fourth-order valence-corrected chi connectivity index (χ4v) is 2.03. The third-order valence-electron chi connectivity index (χ3n) is 2.90. The van der Waals surface area contributed by atoms with E-state index < -0.39 is 12.0 Å². The van der Waals surface area contributed by atoms with Crippen molar-refractivity contribution < 1.29 is 14.7 Å². The minimum absolute atomic E-state index is 0.268. The van der Waals surface area contributed by atoms with Crippen molar-refractivity contribution in [1.82, 2.24) is 10.2 Å². The zero-order chi connectivity index (χ0) is 15.7. The molecule has 0 aliphatic rings. The Morgan fingerprint density at radius 3 is 1.95 bits per heavy atom. The van der Waals surface area contributed by atoms with Gasteiger partial charge < -0.3 is 15.3 Å². The summed E-state index contributed by atoms with van der Waals surface area (Å²) in [5.41, 5.74) is 0. The molecule has 20 heavy (non-hydrogen) atoms. The van der Waals surface area contributed by atoms with E-state index in [9.17, 15) is 9.59 Å². The van der Waals surface area contributed by atoms with E-state index in [0.717, 1.165) is 12.8 Å². The number of hydrogen-bond acceptors (Lipinski definition) is 2. The van der Waals surface area contributed by atoms with Gasteiger partial charge in [-0.25, -0.2) is 9.59 Å². The lowest BCUT2D eigenvalue weighted by molar-refractivity contribution is -0.139. The molecule has 2 N–H and O–H groups in total. The van der Waals surface area contributed by atoms with Crippen LogP contribution in [-0.2, 0) is 4.79 Å². The number of aliphatic carboxylic acids is 1. The first-order valence-electron chi connectivity index (χ1n) is 7.56. The number of carbonyl (C=O) groups is 2. The Balaban J connectivity index is 4.64. The van der Waals surface area contributed by atoms with Gasteiger partial charge in [0.1, 0.15) is 6.04 Å². The number of nitrogens with one attached hydrogen (secondary N) is 1. The molecule has 0 aliphatic heterocycles. The van der Waals surface area contributed by atoms with Crippen LogP contribution in [0.4, 0.5) is 4.79 Å². The summed E-state index contributed by atoms with van der Waals surface area (Å²) in [7, 11) is 0. The molecule has 0 aromatic carbocycles. The quantitative estimate of drug-likeness (QED) is 0.684. The molecule has 5 heteroatoms. The Morgan fingerprint density at radius 2 is 1.60 bits per heavy atom. The maximum atomic E-state index is 12.2. The smallest absolute Gasteiger partial charge is 0.326 e. The number of carbonyl (C=O) groups excluding carboxylic acids is 1. The monoisotopic (exact) mass is 286 g/mol. The molecule has 0 saturated heterocycles. The number of hydrogen-bond donors (Lipinski definition) is 2. The maximum Gasteiger partial charge on any atom is 0.326 e. The van der Waals surface area contributed by atoms with Crippen LogP contribution < -0.4 is 5.32 Å². The summed E-state index contributed by atoms with van der Waals surface area (Å²) in [6.45, 7) is 11.5. The van der Waals surface area contributed by atoms with Crippen LogP contribution in [0.15, 0.2) is 0 Å². The van der Waals surface area contributed by atoms with Gasteiger partial charge in [-0.1, -0.05) is 47.5 Å². The molecule has 0 aliphatic carbocycles. The molecule has 0 aromatic rings. The molecule has 0 fully saturated rings. The normalized spacial score (nSPS) is 12.6. The molecule has 118 valence electrons. The molecule has 0 bridgehead atoms. The molecule has 0 heterocycles. The molecule has 0 saturated carbocycles. The molecule has 1 atom stereocenters. The first-order chi connectivity index (χ1) is 9.27. The zero-order valence-electron chi connectivity index (χ0n) is 13.5. The topological polar surface area (TPSA) is 69.6 Å².